The summed E-state index contributed by atoms with van der Waals surface area (Å²) in [6, 6.07) is 28.8. The molecule has 0 radical (unpaired) electrons. The Morgan fingerprint density at radius 2 is 1.42 bits per heavy atom. The number of primary amides is 1. The molecule has 2 N–H and O–H groups in total. The van der Waals surface area contributed by atoms with Crippen LogP contribution in [0.5, 0.6) is 0 Å². The number of hydrogen-bond donors (Lipinski definition) is 1. The smallest absolute Gasteiger partial charge is 0.338 e. The molecule has 3 aromatic rings. The molecular weight excluding hydrogens is 412 g/mol. The second-order valence-electron chi connectivity index (χ2n) is 9.14. The maximum absolute atomic E-state index is 13.2. The third kappa shape index (κ3) is 4.55. The van der Waals surface area contributed by atoms with Crippen molar-refractivity contribution in [3.8, 4) is 0 Å². The quantitative estimate of drug-likeness (QED) is 0.426. The van der Waals surface area contributed by atoms with Crippen molar-refractivity contribution >= 4 is 11.9 Å². The van der Waals surface area contributed by atoms with Crippen LogP contribution in [0.3, 0.4) is 0 Å². The van der Waals surface area contributed by atoms with Crippen molar-refractivity contribution in [3.63, 3.8) is 0 Å². The fourth-order valence-electron chi connectivity index (χ4n) is 5.28. The van der Waals surface area contributed by atoms with Crippen molar-refractivity contribution in [2.75, 3.05) is 33.3 Å². The van der Waals surface area contributed by atoms with E-state index >= 15 is 0 Å². The zero-order valence-electron chi connectivity index (χ0n) is 19.0. The second kappa shape index (κ2) is 9.59. The highest BCUT2D eigenvalue weighted by atomic mass is 16.5. The molecule has 0 spiro atoms. The molecule has 0 aromatic heterocycles. The number of nitrogens with two attached hydrogens (primary N) is 1. The van der Waals surface area contributed by atoms with Crippen LogP contribution >= 0.6 is 0 Å². The molecule has 5 heteroatoms. The number of nitrogens with zero attached hydrogens (tertiary/aromatic N) is 1. The van der Waals surface area contributed by atoms with E-state index in [0.29, 0.717) is 18.7 Å². The summed E-state index contributed by atoms with van der Waals surface area (Å²) in [5, 5.41) is 0. The molecule has 3 aromatic carbocycles. The minimum atomic E-state index is -0.904. The number of esters is 1. The molecule has 170 valence electrons. The minimum Gasteiger partial charge on any atom is -0.456 e. The highest BCUT2D eigenvalue weighted by Crippen LogP contribution is 2.44. The van der Waals surface area contributed by atoms with Crippen molar-refractivity contribution in [1.29, 1.82) is 0 Å². The number of hydrogen-bond acceptors (Lipinski definition) is 3. The van der Waals surface area contributed by atoms with E-state index in [0.717, 1.165) is 35.1 Å². The first kappa shape index (κ1) is 22.7. The van der Waals surface area contributed by atoms with Gasteiger partial charge in [-0.25, -0.2) is 4.79 Å². The van der Waals surface area contributed by atoms with Crippen molar-refractivity contribution in [2.24, 2.45) is 11.7 Å². The second-order valence-corrected chi connectivity index (χ2v) is 9.14. The monoisotopic (exact) mass is 443 g/mol. The van der Waals surface area contributed by atoms with Gasteiger partial charge in [-0.05, 0) is 23.3 Å². The number of carbonyl (C=O) groups excluding carboxylic acids is 2. The molecule has 5 nitrogen and oxygen atoms in total. The summed E-state index contributed by atoms with van der Waals surface area (Å²) in [5.74, 6) is -0.596. The normalized spacial score (nSPS) is 20.3. The number of likely N-dealkylation sites (tertiary alicyclic amines) is 1. The third-order valence-corrected chi connectivity index (χ3v) is 7.01. The van der Waals surface area contributed by atoms with E-state index in [1.807, 2.05) is 78.9 Å². The zero-order valence-corrected chi connectivity index (χ0v) is 19.0. The fraction of sp³-hybridized carbons (Fsp3) is 0.286. The average Bonchev–Trinajstić information content (AvgIpc) is 3.23. The highest BCUT2D eigenvalue weighted by Gasteiger charge is 2.53. The van der Waals surface area contributed by atoms with Crippen LogP contribution in [0.4, 0.5) is 0 Å². The van der Waals surface area contributed by atoms with Crippen molar-refractivity contribution in [1.82, 2.24) is 0 Å². The molecule has 1 fully saturated rings. The first-order valence-corrected chi connectivity index (χ1v) is 11.4. The Balaban J connectivity index is 1.55. The Kier molecular flexibility index (Phi) is 6.61. The van der Waals surface area contributed by atoms with Crippen LogP contribution < -0.4 is 5.73 Å². The predicted octanol–water partition coefficient (Wildman–Crippen LogP) is 3.78. The maximum Gasteiger partial charge on any atom is 0.338 e. The van der Waals surface area contributed by atoms with Gasteiger partial charge in [0.05, 0.1) is 25.7 Å². The van der Waals surface area contributed by atoms with Gasteiger partial charge in [0.2, 0.25) is 5.91 Å². The molecule has 0 aliphatic carbocycles. The maximum atomic E-state index is 13.2. The molecular formula is C28H31N2O3+. The van der Waals surface area contributed by atoms with Gasteiger partial charge in [-0.3, -0.25) is 4.79 Å². The zero-order chi connectivity index (χ0) is 23.3. The minimum absolute atomic E-state index is 0.0367. The average molecular weight is 444 g/mol. The predicted molar refractivity (Wildman–Crippen MR) is 128 cm³/mol. The SMILES string of the molecule is C[N+]1(CCOC(=O)c2ccccc2)CC[C@H](C(C(N)=O)(c2ccccc2)c2ccccc2)C1. The van der Waals surface area contributed by atoms with Crippen LogP contribution in [-0.4, -0.2) is 49.6 Å². The van der Waals surface area contributed by atoms with Gasteiger partial charge in [-0.2, -0.15) is 0 Å². The highest BCUT2D eigenvalue weighted by molar-refractivity contribution is 5.91. The van der Waals surface area contributed by atoms with Crippen LogP contribution in [0.1, 0.15) is 27.9 Å². The Bertz CT molecular complexity index is 1050. The topological polar surface area (TPSA) is 69.4 Å². The lowest BCUT2D eigenvalue weighted by atomic mass is 9.64. The lowest BCUT2D eigenvalue weighted by Gasteiger charge is -2.38. The number of quaternary nitrogens is 1. The molecule has 1 unspecified atom stereocenters. The Morgan fingerprint density at radius 1 is 0.909 bits per heavy atom. The fourth-order valence-corrected chi connectivity index (χ4v) is 5.28. The summed E-state index contributed by atoms with van der Waals surface area (Å²) in [7, 11) is 2.16. The molecule has 1 amide bonds. The van der Waals surface area contributed by atoms with Gasteiger partial charge in [-0.15, -0.1) is 0 Å². The van der Waals surface area contributed by atoms with E-state index in [-0.39, 0.29) is 17.8 Å². The lowest BCUT2D eigenvalue weighted by molar-refractivity contribution is -0.899. The summed E-state index contributed by atoms with van der Waals surface area (Å²) in [5.41, 5.74) is 7.70. The first-order valence-electron chi connectivity index (χ1n) is 11.4. The van der Waals surface area contributed by atoms with E-state index in [4.69, 9.17) is 10.5 Å². The molecule has 4 rings (SSSR count). The molecule has 33 heavy (non-hydrogen) atoms. The summed E-state index contributed by atoms with van der Waals surface area (Å²) in [6.07, 6.45) is 0.857. The summed E-state index contributed by atoms with van der Waals surface area (Å²) in [6.45, 7) is 2.68. The van der Waals surface area contributed by atoms with E-state index < -0.39 is 5.41 Å². The Morgan fingerprint density at radius 3 is 1.94 bits per heavy atom. The molecule has 1 aliphatic heterocycles. The number of amides is 1. The number of benzene rings is 3. The van der Waals surface area contributed by atoms with Gasteiger partial charge in [0.15, 0.2) is 0 Å². The van der Waals surface area contributed by atoms with Gasteiger partial charge in [0.25, 0.3) is 0 Å². The summed E-state index contributed by atoms with van der Waals surface area (Å²) < 4.78 is 6.27. The van der Waals surface area contributed by atoms with Gasteiger partial charge >= 0.3 is 5.97 Å². The van der Waals surface area contributed by atoms with Crippen LogP contribution in [0.25, 0.3) is 0 Å². The summed E-state index contributed by atoms with van der Waals surface area (Å²) >= 11 is 0. The molecule has 1 heterocycles. The first-order chi connectivity index (χ1) is 16.0. The van der Waals surface area contributed by atoms with Crippen molar-refractivity contribution in [3.05, 3.63) is 108 Å². The van der Waals surface area contributed by atoms with Crippen LogP contribution in [0.15, 0.2) is 91.0 Å². The van der Waals surface area contributed by atoms with Crippen LogP contribution in [0.2, 0.25) is 0 Å². The standard InChI is InChI=1S/C28H30N2O3/c1-30(19-20-33-26(31)22-11-5-2-6-12-22)18-17-25(21-30)28(27(29)32,23-13-7-3-8-14-23)24-15-9-4-10-16-24/h2-16,25H,17-21H2,1H3,(H-,29,32)/p+1/t25-,30?/m0/s1. The van der Waals surface area contributed by atoms with Crippen molar-refractivity contribution < 1.29 is 18.8 Å². The molecule has 0 saturated carbocycles. The van der Waals surface area contributed by atoms with Gasteiger partial charge in [-0.1, -0.05) is 78.9 Å². The van der Waals surface area contributed by atoms with Crippen LogP contribution in [-0.2, 0) is 14.9 Å². The number of carbonyl (C=O) groups is 2. The third-order valence-electron chi connectivity index (χ3n) is 7.01. The molecule has 1 aliphatic rings. The largest absolute Gasteiger partial charge is 0.456 e. The van der Waals surface area contributed by atoms with E-state index in [1.54, 1.807) is 12.1 Å². The molecule has 0 bridgehead atoms. The summed E-state index contributed by atoms with van der Waals surface area (Å²) in [4.78, 5) is 25.5. The number of rotatable bonds is 8. The number of likely N-dealkylation sites (N-methyl/N-ethyl adjacent to an activating group) is 1. The van der Waals surface area contributed by atoms with Crippen LogP contribution in [0, 0.1) is 5.92 Å². The lowest BCUT2D eigenvalue weighted by Crippen LogP contribution is -2.51. The Labute approximate surface area is 195 Å². The van der Waals surface area contributed by atoms with E-state index in [2.05, 4.69) is 7.05 Å². The van der Waals surface area contributed by atoms with Crippen molar-refractivity contribution in [2.45, 2.75) is 11.8 Å². The van der Waals surface area contributed by atoms with Gasteiger partial charge in [0.1, 0.15) is 18.6 Å². The number of ether oxygens (including phenoxy) is 1. The molecule has 2 atom stereocenters. The van der Waals surface area contributed by atoms with Gasteiger partial charge in [0, 0.05) is 12.3 Å². The van der Waals surface area contributed by atoms with E-state index in [9.17, 15) is 9.59 Å². The molecule has 1 saturated heterocycles. The van der Waals surface area contributed by atoms with E-state index in [1.165, 1.54) is 0 Å². The Hall–Kier alpha value is -3.44. The van der Waals surface area contributed by atoms with Gasteiger partial charge < -0.3 is 15.0 Å².